The normalized spacial score (nSPS) is 10.1. The van der Waals surface area contributed by atoms with E-state index in [1.807, 2.05) is 6.07 Å². The molecule has 0 bridgehead atoms. The fraction of sp³-hybridized carbons (Fsp3) is 0.500. The molecule has 0 saturated carbocycles. The SMILES string of the molecule is Cc1cc(C)c(C)c(CCNC(=O)CCC#N)c1C. The summed E-state index contributed by atoms with van der Waals surface area (Å²) < 4.78 is 0. The summed E-state index contributed by atoms with van der Waals surface area (Å²) in [6, 6.07) is 4.19. The highest BCUT2D eigenvalue weighted by atomic mass is 16.1. The number of aryl methyl sites for hydroxylation is 2. The molecule has 0 aliphatic carbocycles. The van der Waals surface area contributed by atoms with Crippen LogP contribution in [0.25, 0.3) is 0 Å². The first-order valence-corrected chi connectivity index (χ1v) is 6.67. The molecule has 0 aliphatic rings. The van der Waals surface area contributed by atoms with Crippen LogP contribution in [-0.2, 0) is 11.2 Å². The van der Waals surface area contributed by atoms with Crippen molar-refractivity contribution in [1.82, 2.24) is 5.32 Å². The first kappa shape index (κ1) is 15.2. The highest BCUT2D eigenvalue weighted by molar-refractivity contribution is 5.76. The van der Waals surface area contributed by atoms with Crippen molar-refractivity contribution in [2.24, 2.45) is 0 Å². The van der Waals surface area contributed by atoms with Gasteiger partial charge in [-0.15, -0.1) is 0 Å². The predicted molar refractivity (Wildman–Crippen MR) is 77.0 cm³/mol. The molecule has 0 spiro atoms. The Morgan fingerprint density at radius 3 is 2.32 bits per heavy atom. The number of nitrogens with zero attached hydrogens (tertiary/aromatic N) is 1. The summed E-state index contributed by atoms with van der Waals surface area (Å²) in [6.45, 7) is 9.14. The van der Waals surface area contributed by atoms with Crippen molar-refractivity contribution in [3.8, 4) is 6.07 Å². The molecule has 3 nitrogen and oxygen atoms in total. The van der Waals surface area contributed by atoms with Crippen LogP contribution in [0.15, 0.2) is 6.07 Å². The Kier molecular flexibility index (Phi) is 5.57. The summed E-state index contributed by atoms with van der Waals surface area (Å²) in [7, 11) is 0. The van der Waals surface area contributed by atoms with E-state index in [1.54, 1.807) is 0 Å². The Morgan fingerprint density at radius 2 is 1.79 bits per heavy atom. The van der Waals surface area contributed by atoms with Gasteiger partial charge in [0.1, 0.15) is 0 Å². The summed E-state index contributed by atoms with van der Waals surface area (Å²) in [4.78, 5) is 11.4. The molecule has 1 N–H and O–H groups in total. The van der Waals surface area contributed by atoms with Crippen LogP contribution in [0.5, 0.6) is 0 Å². The van der Waals surface area contributed by atoms with Crippen LogP contribution in [0, 0.1) is 39.0 Å². The summed E-state index contributed by atoms with van der Waals surface area (Å²) in [5, 5.41) is 11.3. The van der Waals surface area contributed by atoms with Crippen LogP contribution in [0.1, 0.15) is 40.7 Å². The molecule has 1 amide bonds. The van der Waals surface area contributed by atoms with E-state index in [-0.39, 0.29) is 12.3 Å². The lowest BCUT2D eigenvalue weighted by Crippen LogP contribution is -2.25. The minimum Gasteiger partial charge on any atom is -0.356 e. The van der Waals surface area contributed by atoms with Gasteiger partial charge in [-0.1, -0.05) is 6.07 Å². The smallest absolute Gasteiger partial charge is 0.221 e. The van der Waals surface area contributed by atoms with Gasteiger partial charge >= 0.3 is 0 Å². The van der Waals surface area contributed by atoms with Gasteiger partial charge in [0.2, 0.25) is 5.91 Å². The zero-order chi connectivity index (χ0) is 14.4. The van der Waals surface area contributed by atoms with E-state index in [0.29, 0.717) is 13.0 Å². The van der Waals surface area contributed by atoms with Crippen LogP contribution in [0.3, 0.4) is 0 Å². The maximum atomic E-state index is 11.4. The molecule has 0 aliphatic heterocycles. The van der Waals surface area contributed by atoms with E-state index in [9.17, 15) is 4.79 Å². The summed E-state index contributed by atoms with van der Waals surface area (Å²) in [6.07, 6.45) is 1.42. The third-order valence-electron chi connectivity index (χ3n) is 3.68. The minimum absolute atomic E-state index is 0.0405. The van der Waals surface area contributed by atoms with Crippen molar-refractivity contribution in [3.05, 3.63) is 33.9 Å². The number of amides is 1. The van der Waals surface area contributed by atoms with Crippen molar-refractivity contribution in [2.45, 2.75) is 47.0 Å². The van der Waals surface area contributed by atoms with Gasteiger partial charge in [-0.05, 0) is 61.9 Å². The first-order chi connectivity index (χ1) is 8.97. The predicted octanol–water partition coefficient (Wildman–Crippen LogP) is 2.88. The highest BCUT2D eigenvalue weighted by Gasteiger charge is 2.08. The minimum atomic E-state index is -0.0405. The average Bonchev–Trinajstić information content (AvgIpc) is 2.38. The van der Waals surface area contributed by atoms with E-state index in [1.165, 1.54) is 27.8 Å². The van der Waals surface area contributed by atoms with Crippen LogP contribution in [0.4, 0.5) is 0 Å². The van der Waals surface area contributed by atoms with E-state index >= 15 is 0 Å². The molecule has 0 aromatic heterocycles. The third-order valence-corrected chi connectivity index (χ3v) is 3.68. The van der Waals surface area contributed by atoms with Gasteiger partial charge < -0.3 is 5.32 Å². The maximum absolute atomic E-state index is 11.4. The molecule has 0 fully saturated rings. The number of hydrogen-bond donors (Lipinski definition) is 1. The van der Waals surface area contributed by atoms with Gasteiger partial charge in [0, 0.05) is 19.4 Å². The Bertz CT molecular complexity index is 486. The molecular formula is C16H22N2O. The molecule has 0 unspecified atom stereocenters. The monoisotopic (exact) mass is 258 g/mol. The van der Waals surface area contributed by atoms with Gasteiger partial charge in [-0.3, -0.25) is 4.79 Å². The van der Waals surface area contributed by atoms with E-state index in [4.69, 9.17) is 5.26 Å². The van der Waals surface area contributed by atoms with Crippen molar-refractivity contribution in [3.63, 3.8) is 0 Å². The van der Waals surface area contributed by atoms with E-state index in [0.717, 1.165) is 6.42 Å². The molecule has 0 atom stereocenters. The number of carbonyl (C=O) groups is 1. The third kappa shape index (κ3) is 4.10. The summed E-state index contributed by atoms with van der Waals surface area (Å²) in [5.74, 6) is -0.0405. The number of carbonyl (C=O) groups excluding carboxylic acids is 1. The molecule has 1 rings (SSSR count). The Balaban J connectivity index is 2.64. The molecule has 19 heavy (non-hydrogen) atoms. The second-order valence-corrected chi connectivity index (χ2v) is 5.00. The van der Waals surface area contributed by atoms with Gasteiger partial charge in [-0.2, -0.15) is 5.26 Å². The molecule has 1 aromatic rings. The maximum Gasteiger partial charge on any atom is 0.221 e. The second kappa shape index (κ2) is 6.94. The Hall–Kier alpha value is -1.82. The molecular weight excluding hydrogens is 236 g/mol. The van der Waals surface area contributed by atoms with Crippen LogP contribution in [-0.4, -0.2) is 12.5 Å². The first-order valence-electron chi connectivity index (χ1n) is 6.67. The molecule has 0 heterocycles. The zero-order valence-electron chi connectivity index (χ0n) is 12.3. The molecule has 0 radical (unpaired) electrons. The quantitative estimate of drug-likeness (QED) is 0.883. The summed E-state index contributed by atoms with van der Waals surface area (Å²) >= 11 is 0. The highest BCUT2D eigenvalue weighted by Crippen LogP contribution is 2.21. The van der Waals surface area contributed by atoms with E-state index < -0.39 is 0 Å². The lowest BCUT2D eigenvalue weighted by atomic mass is 9.92. The Morgan fingerprint density at radius 1 is 1.21 bits per heavy atom. The molecule has 0 saturated heterocycles. The fourth-order valence-electron chi connectivity index (χ4n) is 2.26. The van der Waals surface area contributed by atoms with Gasteiger partial charge in [0.25, 0.3) is 0 Å². The summed E-state index contributed by atoms with van der Waals surface area (Å²) in [5.41, 5.74) is 6.56. The number of hydrogen-bond acceptors (Lipinski definition) is 2. The second-order valence-electron chi connectivity index (χ2n) is 5.00. The van der Waals surface area contributed by atoms with Crippen LogP contribution >= 0.6 is 0 Å². The average molecular weight is 258 g/mol. The van der Waals surface area contributed by atoms with E-state index in [2.05, 4.69) is 39.1 Å². The number of benzene rings is 1. The van der Waals surface area contributed by atoms with Crippen molar-refractivity contribution >= 4 is 5.91 Å². The number of nitriles is 1. The largest absolute Gasteiger partial charge is 0.356 e. The Labute approximate surface area is 115 Å². The van der Waals surface area contributed by atoms with Crippen LogP contribution in [0.2, 0.25) is 0 Å². The lowest BCUT2D eigenvalue weighted by molar-refractivity contribution is -0.120. The van der Waals surface area contributed by atoms with Gasteiger partial charge in [0.15, 0.2) is 0 Å². The van der Waals surface area contributed by atoms with Crippen molar-refractivity contribution in [2.75, 3.05) is 6.54 Å². The van der Waals surface area contributed by atoms with Gasteiger partial charge in [-0.25, -0.2) is 0 Å². The van der Waals surface area contributed by atoms with Crippen molar-refractivity contribution < 1.29 is 4.79 Å². The van der Waals surface area contributed by atoms with Crippen LogP contribution < -0.4 is 5.32 Å². The molecule has 3 heteroatoms. The van der Waals surface area contributed by atoms with Gasteiger partial charge in [0.05, 0.1) is 6.07 Å². The fourth-order valence-corrected chi connectivity index (χ4v) is 2.26. The molecule has 102 valence electrons. The van der Waals surface area contributed by atoms with Crippen molar-refractivity contribution in [1.29, 1.82) is 5.26 Å². The number of rotatable bonds is 5. The number of nitrogens with one attached hydrogen (secondary N) is 1. The standard InChI is InChI=1S/C16H22N2O/c1-11-10-12(2)14(4)15(13(11)3)7-9-18-16(19)6-5-8-17/h10H,5-7,9H2,1-4H3,(H,18,19). The topological polar surface area (TPSA) is 52.9 Å². The molecule has 1 aromatic carbocycles. The lowest BCUT2D eigenvalue weighted by Gasteiger charge is -2.15. The zero-order valence-corrected chi connectivity index (χ0v) is 12.3.